The number of fused-ring (bicyclic) bond motifs is 1. The summed E-state index contributed by atoms with van der Waals surface area (Å²) in [6.07, 6.45) is 2.02. The van der Waals surface area contributed by atoms with Gasteiger partial charge in [0.1, 0.15) is 18.3 Å². The van der Waals surface area contributed by atoms with Crippen LogP contribution in [0, 0.1) is 0 Å². The van der Waals surface area contributed by atoms with Gasteiger partial charge >= 0.3 is 0 Å². The van der Waals surface area contributed by atoms with Crippen molar-refractivity contribution in [3.8, 4) is 0 Å². The maximum Gasteiger partial charge on any atom is 0.294 e. The third-order valence-electron chi connectivity index (χ3n) is 7.03. The number of amides is 1. The molecule has 3 aromatic rings. The average Bonchev–Trinajstić information content (AvgIpc) is 3.47. The average molecular weight is 563 g/mol. The van der Waals surface area contributed by atoms with Gasteiger partial charge in [-0.25, -0.2) is 15.0 Å². The standard InChI is InChI=1S/C24H30N6O8S/c31-11-16-19(32)20(33)24(38-16)30-12-26-18-21(27-14-4-2-1-3-5-14)28-17(29-22(18)30)10-25-23(34)13-6-8-15(9-7-13)39(35,36)37/h6-9,12,14,16,19-20,24,31-33H,1-5,10-11H2,(H,25,34)(H,27,28,29)(H,35,36,37)/t16-,19-,20-,24-/m1/s1. The highest BCUT2D eigenvalue weighted by Gasteiger charge is 2.44. The number of anilines is 1. The van der Waals surface area contributed by atoms with Crippen LogP contribution in [0.5, 0.6) is 0 Å². The minimum absolute atomic E-state index is 0.0880. The van der Waals surface area contributed by atoms with Gasteiger partial charge in [-0.05, 0) is 37.1 Å². The van der Waals surface area contributed by atoms with E-state index in [1.807, 2.05) is 0 Å². The first kappa shape index (κ1) is 27.4. The number of ether oxygens (including phenoxy) is 1. The quantitative estimate of drug-likeness (QED) is 0.206. The highest BCUT2D eigenvalue weighted by atomic mass is 32.2. The van der Waals surface area contributed by atoms with Crippen molar-refractivity contribution in [3.63, 3.8) is 0 Å². The predicted molar refractivity (Wildman–Crippen MR) is 136 cm³/mol. The lowest BCUT2D eigenvalue weighted by Crippen LogP contribution is -2.33. The summed E-state index contributed by atoms with van der Waals surface area (Å²) in [6, 6.07) is 4.97. The van der Waals surface area contributed by atoms with Gasteiger partial charge in [-0.15, -0.1) is 0 Å². The van der Waals surface area contributed by atoms with Crippen LogP contribution in [0.25, 0.3) is 11.2 Å². The topological polar surface area (TPSA) is 209 Å². The first-order chi connectivity index (χ1) is 18.7. The summed E-state index contributed by atoms with van der Waals surface area (Å²) in [5, 5.41) is 36.4. The molecule has 1 saturated heterocycles. The molecule has 2 aromatic heterocycles. The van der Waals surface area contributed by atoms with Crippen molar-refractivity contribution in [1.29, 1.82) is 0 Å². The number of carbonyl (C=O) groups is 1. The molecule has 2 fully saturated rings. The summed E-state index contributed by atoms with van der Waals surface area (Å²) in [7, 11) is -4.38. The largest absolute Gasteiger partial charge is 0.394 e. The van der Waals surface area contributed by atoms with Gasteiger partial charge in [0.2, 0.25) is 0 Å². The van der Waals surface area contributed by atoms with Gasteiger partial charge in [-0.2, -0.15) is 8.42 Å². The number of hydrogen-bond acceptors (Lipinski definition) is 11. The normalized spacial score (nSPS) is 24.2. The first-order valence-corrected chi connectivity index (χ1v) is 14.1. The Labute approximate surface area is 223 Å². The van der Waals surface area contributed by atoms with E-state index in [0.29, 0.717) is 17.0 Å². The van der Waals surface area contributed by atoms with Crippen molar-refractivity contribution in [1.82, 2.24) is 24.8 Å². The molecule has 210 valence electrons. The van der Waals surface area contributed by atoms with E-state index in [9.17, 15) is 28.5 Å². The zero-order chi connectivity index (χ0) is 27.7. The molecule has 1 aliphatic carbocycles. The number of aliphatic hydroxyl groups is 3. The molecule has 15 heteroatoms. The lowest BCUT2D eigenvalue weighted by atomic mass is 9.95. The van der Waals surface area contributed by atoms with Gasteiger partial charge in [0, 0.05) is 11.6 Å². The lowest BCUT2D eigenvalue weighted by molar-refractivity contribution is -0.0511. The maximum absolute atomic E-state index is 12.7. The fraction of sp³-hybridized carbons (Fsp3) is 0.500. The van der Waals surface area contributed by atoms with Crippen LogP contribution in [0.3, 0.4) is 0 Å². The molecule has 0 spiro atoms. The number of aliphatic hydroxyl groups excluding tert-OH is 3. The zero-order valence-corrected chi connectivity index (χ0v) is 21.7. The van der Waals surface area contributed by atoms with Gasteiger partial charge < -0.3 is 30.7 Å². The molecule has 4 atom stereocenters. The van der Waals surface area contributed by atoms with Crippen LogP contribution in [0.1, 0.15) is 54.5 Å². The highest BCUT2D eigenvalue weighted by molar-refractivity contribution is 7.85. The van der Waals surface area contributed by atoms with Crippen LogP contribution in [0.15, 0.2) is 35.5 Å². The summed E-state index contributed by atoms with van der Waals surface area (Å²) >= 11 is 0. The van der Waals surface area contributed by atoms with E-state index in [0.717, 1.165) is 37.8 Å². The zero-order valence-electron chi connectivity index (χ0n) is 20.8. The fourth-order valence-corrected chi connectivity index (χ4v) is 5.40. The Hall–Kier alpha value is -3.21. The van der Waals surface area contributed by atoms with Crippen LogP contribution >= 0.6 is 0 Å². The molecule has 1 aliphatic heterocycles. The second-order valence-corrected chi connectivity index (χ2v) is 11.1. The number of nitrogens with one attached hydrogen (secondary N) is 2. The van der Waals surface area contributed by atoms with Crippen molar-refractivity contribution >= 4 is 33.0 Å². The Kier molecular flexibility index (Phi) is 7.80. The van der Waals surface area contributed by atoms with Gasteiger partial charge in [-0.3, -0.25) is 13.9 Å². The molecule has 0 bridgehead atoms. The van der Waals surface area contributed by atoms with Crippen LogP contribution in [0.2, 0.25) is 0 Å². The van der Waals surface area contributed by atoms with Crippen molar-refractivity contribution in [2.75, 3.05) is 11.9 Å². The molecular weight excluding hydrogens is 532 g/mol. The monoisotopic (exact) mass is 562 g/mol. The number of hydrogen-bond donors (Lipinski definition) is 6. The number of carbonyl (C=O) groups excluding carboxylic acids is 1. The Balaban J connectivity index is 1.43. The number of aromatic nitrogens is 4. The Morgan fingerprint density at radius 2 is 1.79 bits per heavy atom. The maximum atomic E-state index is 12.7. The second kappa shape index (κ2) is 11.1. The van der Waals surface area contributed by atoms with Crippen molar-refractivity contribution in [2.45, 2.75) is 74.1 Å². The molecule has 0 unspecified atom stereocenters. The van der Waals surface area contributed by atoms with Crippen molar-refractivity contribution in [3.05, 3.63) is 42.0 Å². The third-order valence-corrected chi connectivity index (χ3v) is 7.89. The first-order valence-electron chi connectivity index (χ1n) is 12.6. The van der Waals surface area contributed by atoms with E-state index in [2.05, 4.69) is 25.6 Å². The van der Waals surface area contributed by atoms with Crippen LogP contribution in [-0.4, -0.2) is 84.7 Å². The number of imidazole rings is 1. The fourth-order valence-electron chi connectivity index (χ4n) is 4.92. The molecule has 1 aromatic carbocycles. The van der Waals surface area contributed by atoms with E-state index >= 15 is 0 Å². The Morgan fingerprint density at radius 3 is 2.44 bits per heavy atom. The molecule has 2 aliphatic rings. The van der Waals surface area contributed by atoms with E-state index in [1.165, 1.54) is 29.4 Å². The molecule has 5 rings (SSSR count). The molecular formula is C24H30N6O8S. The minimum Gasteiger partial charge on any atom is -0.394 e. The van der Waals surface area contributed by atoms with Gasteiger partial charge in [0.05, 0.1) is 24.4 Å². The van der Waals surface area contributed by atoms with Gasteiger partial charge in [-0.1, -0.05) is 19.3 Å². The van der Waals surface area contributed by atoms with Crippen molar-refractivity contribution in [2.24, 2.45) is 0 Å². The molecule has 1 saturated carbocycles. The summed E-state index contributed by atoms with van der Waals surface area (Å²) < 4.78 is 38.8. The van der Waals surface area contributed by atoms with Gasteiger partial charge in [0.25, 0.3) is 16.0 Å². The predicted octanol–water partition coefficient (Wildman–Crippen LogP) is 0.359. The number of nitrogens with zero attached hydrogens (tertiary/aromatic N) is 4. The molecule has 14 nitrogen and oxygen atoms in total. The van der Waals surface area contributed by atoms with E-state index in [-0.39, 0.29) is 28.9 Å². The van der Waals surface area contributed by atoms with Crippen LogP contribution < -0.4 is 10.6 Å². The van der Waals surface area contributed by atoms with E-state index in [4.69, 9.17) is 9.29 Å². The SMILES string of the molecule is O=C(NCc1nc(NC2CCCCC2)c2ncn([C@@H]3O[C@H](CO)[C@@H](O)[C@H]3O)c2n1)c1ccc(S(=O)(=O)O)cc1. The van der Waals surface area contributed by atoms with Crippen LogP contribution in [0.4, 0.5) is 5.82 Å². The smallest absolute Gasteiger partial charge is 0.294 e. The Morgan fingerprint density at radius 1 is 1.08 bits per heavy atom. The molecule has 6 N–H and O–H groups in total. The highest BCUT2D eigenvalue weighted by Crippen LogP contribution is 2.33. The lowest BCUT2D eigenvalue weighted by Gasteiger charge is -2.23. The molecule has 39 heavy (non-hydrogen) atoms. The summed E-state index contributed by atoms with van der Waals surface area (Å²) in [6.45, 7) is -0.567. The van der Waals surface area contributed by atoms with Crippen molar-refractivity contribution < 1.29 is 37.8 Å². The minimum atomic E-state index is -4.38. The second-order valence-electron chi connectivity index (χ2n) is 9.70. The summed E-state index contributed by atoms with van der Waals surface area (Å²) in [5.41, 5.74) is 0.898. The Bertz CT molecular complexity index is 1440. The van der Waals surface area contributed by atoms with Gasteiger partial charge in [0.15, 0.2) is 29.0 Å². The summed E-state index contributed by atoms with van der Waals surface area (Å²) in [5.74, 6) is 0.177. The summed E-state index contributed by atoms with van der Waals surface area (Å²) in [4.78, 5) is 25.9. The van der Waals surface area contributed by atoms with E-state index in [1.54, 1.807) is 0 Å². The number of rotatable bonds is 8. The molecule has 1 amide bonds. The molecule has 3 heterocycles. The third kappa shape index (κ3) is 5.73. The molecule has 0 radical (unpaired) electrons. The van der Waals surface area contributed by atoms with E-state index < -0.39 is 47.2 Å². The number of benzene rings is 1. The van der Waals surface area contributed by atoms with Crippen LogP contribution in [-0.2, 0) is 21.4 Å².